The Bertz CT molecular complexity index is 1660. The first-order valence-electron chi connectivity index (χ1n) is 12.7. The second-order valence-electron chi connectivity index (χ2n) is 10.2. The molecule has 0 spiro atoms. The lowest BCUT2D eigenvalue weighted by Crippen LogP contribution is -2.43. The van der Waals surface area contributed by atoms with Crippen LogP contribution in [0.15, 0.2) is 76.6 Å². The van der Waals surface area contributed by atoms with Crippen molar-refractivity contribution < 1.29 is 23.1 Å². The van der Waals surface area contributed by atoms with Crippen LogP contribution in [0.4, 0.5) is 13.2 Å². The number of hydrogen-bond donors (Lipinski definition) is 1. The Hall–Kier alpha value is -3.60. The van der Waals surface area contributed by atoms with Crippen molar-refractivity contribution in [3.05, 3.63) is 99.3 Å². The second-order valence-corrected chi connectivity index (χ2v) is 11.4. The van der Waals surface area contributed by atoms with Crippen molar-refractivity contribution in [2.75, 3.05) is 27.7 Å². The number of hydrogen-bond acceptors (Lipinski definition) is 5. The van der Waals surface area contributed by atoms with Gasteiger partial charge in [-0.25, -0.2) is 9.10 Å². The molecule has 10 heteroatoms. The second kappa shape index (κ2) is 10.8. The summed E-state index contributed by atoms with van der Waals surface area (Å²) in [5, 5.41) is 12.4. The summed E-state index contributed by atoms with van der Waals surface area (Å²) >= 11 is 1.18. The van der Waals surface area contributed by atoms with Gasteiger partial charge in [-0.15, -0.1) is 0 Å². The van der Waals surface area contributed by atoms with Crippen LogP contribution in [0.3, 0.4) is 0 Å². The minimum absolute atomic E-state index is 0.0685. The largest absolute Gasteiger partial charge is 0.480 e. The highest BCUT2D eigenvalue weighted by atomic mass is 32.2. The fraction of sp³-hybridized carbons (Fsp3) is 0.267. The van der Waals surface area contributed by atoms with Gasteiger partial charge in [-0.2, -0.15) is 13.2 Å². The Balaban J connectivity index is 1.89. The third-order valence-corrected chi connectivity index (χ3v) is 8.08. The van der Waals surface area contributed by atoms with Gasteiger partial charge in [0.05, 0.1) is 5.56 Å². The highest BCUT2D eigenvalue weighted by Crippen LogP contribution is 2.43. The average Bonchev–Trinajstić information content (AvgIpc) is 2.90. The summed E-state index contributed by atoms with van der Waals surface area (Å²) in [6, 6.07) is 17.5. The van der Waals surface area contributed by atoms with Crippen molar-refractivity contribution in [3.8, 4) is 11.1 Å². The molecule has 1 unspecified atom stereocenters. The minimum atomic E-state index is -4.57. The molecule has 0 saturated carbocycles. The van der Waals surface area contributed by atoms with E-state index in [0.29, 0.717) is 21.7 Å². The Morgan fingerprint density at radius 1 is 1.05 bits per heavy atom. The van der Waals surface area contributed by atoms with Crippen LogP contribution < -0.4 is 5.56 Å². The zero-order valence-corrected chi connectivity index (χ0v) is 23.0. The molecular formula is C30H28F3N3O3S. The third-order valence-electron chi connectivity index (χ3n) is 7.04. The molecule has 208 valence electrons. The fourth-order valence-electron chi connectivity index (χ4n) is 5.30. The van der Waals surface area contributed by atoms with E-state index in [0.717, 1.165) is 28.5 Å². The summed E-state index contributed by atoms with van der Waals surface area (Å²) in [5.41, 5.74) is 1.34. The highest BCUT2D eigenvalue weighted by Gasteiger charge is 2.36. The van der Waals surface area contributed by atoms with Crippen molar-refractivity contribution in [3.63, 3.8) is 0 Å². The van der Waals surface area contributed by atoms with Gasteiger partial charge in [0.25, 0.3) is 5.56 Å². The maximum absolute atomic E-state index is 14.1. The summed E-state index contributed by atoms with van der Waals surface area (Å²) in [6.07, 6.45) is -4.29. The number of likely N-dealkylation sites (N-methyl/N-ethyl adjacent to an activating group) is 1. The van der Waals surface area contributed by atoms with Crippen molar-refractivity contribution in [2.45, 2.75) is 30.2 Å². The molecule has 0 radical (unpaired) electrons. The first-order chi connectivity index (χ1) is 19.0. The summed E-state index contributed by atoms with van der Waals surface area (Å²) in [5.74, 6) is -1.18. The lowest BCUT2D eigenvalue weighted by Gasteiger charge is -2.34. The molecule has 0 bridgehead atoms. The zero-order chi connectivity index (χ0) is 28.8. The standard InChI is InChI=1S/C30H28F3N3O3S/c1-34(2)16-24-23(15-19-10-6-9-18-8-4-5-13-22(18)19)26(20-11-7-12-21(14-20)30(31,32)33)28-36(27(24)37)25(29(38)39)17-35(3)40-28/h4-14,25H,15-17H2,1-3H3,(H,38,39). The van der Waals surface area contributed by atoms with Gasteiger partial charge in [0.15, 0.2) is 0 Å². The van der Waals surface area contributed by atoms with Crippen molar-refractivity contribution in [1.82, 2.24) is 13.8 Å². The number of carboxylic acid groups (broad SMARTS) is 1. The van der Waals surface area contributed by atoms with Crippen LogP contribution in [-0.4, -0.2) is 52.5 Å². The topological polar surface area (TPSA) is 65.8 Å². The van der Waals surface area contributed by atoms with Gasteiger partial charge >= 0.3 is 12.1 Å². The number of aromatic nitrogens is 1. The SMILES string of the molecule is CN(C)Cc1c(Cc2cccc3ccccc23)c(-c2cccc(C(F)(F)F)c2)c2n(c1=O)C(C(=O)O)CN(C)S2. The Morgan fingerprint density at radius 3 is 2.45 bits per heavy atom. The molecule has 5 rings (SSSR count). The van der Waals surface area contributed by atoms with E-state index in [1.807, 2.05) is 47.4 Å². The first-order valence-corrected chi connectivity index (χ1v) is 13.4. The summed E-state index contributed by atoms with van der Waals surface area (Å²) in [4.78, 5) is 28.3. The maximum Gasteiger partial charge on any atom is 0.416 e. The Kier molecular flexibility index (Phi) is 7.52. The molecule has 4 aromatic rings. The molecular weight excluding hydrogens is 539 g/mol. The number of pyridine rings is 1. The van der Waals surface area contributed by atoms with Crippen LogP contribution in [0.1, 0.15) is 28.3 Å². The number of nitrogens with zero attached hydrogens (tertiary/aromatic N) is 3. The number of fused-ring (bicyclic) bond motifs is 2. The van der Waals surface area contributed by atoms with Gasteiger partial charge in [-0.1, -0.05) is 54.6 Å². The molecule has 40 heavy (non-hydrogen) atoms. The van der Waals surface area contributed by atoms with Gasteiger partial charge in [0, 0.05) is 24.2 Å². The maximum atomic E-state index is 14.1. The minimum Gasteiger partial charge on any atom is -0.480 e. The Labute approximate surface area is 233 Å². The Morgan fingerprint density at radius 2 is 1.75 bits per heavy atom. The van der Waals surface area contributed by atoms with Crippen molar-refractivity contribution in [2.24, 2.45) is 0 Å². The molecule has 3 aromatic carbocycles. The quantitative estimate of drug-likeness (QED) is 0.292. The molecule has 1 aliphatic rings. The lowest BCUT2D eigenvalue weighted by molar-refractivity contribution is -0.141. The zero-order valence-electron chi connectivity index (χ0n) is 22.2. The van der Waals surface area contributed by atoms with E-state index in [4.69, 9.17) is 0 Å². The number of aliphatic carboxylic acids is 1. The summed E-state index contributed by atoms with van der Waals surface area (Å²) in [6.45, 7) is 0.261. The van der Waals surface area contributed by atoms with E-state index in [2.05, 4.69) is 0 Å². The molecule has 1 N–H and O–H groups in total. The number of carboxylic acids is 1. The van der Waals surface area contributed by atoms with Gasteiger partial charge in [-0.3, -0.25) is 9.36 Å². The summed E-state index contributed by atoms with van der Waals surface area (Å²) in [7, 11) is 5.31. The average molecular weight is 568 g/mol. The van der Waals surface area contributed by atoms with E-state index >= 15 is 0 Å². The normalized spacial score (nSPS) is 15.9. The van der Waals surface area contributed by atoms with Gasteiger partial charge in [0.2, 0.25) is 0 Å². The number of alkyl halides is 3. The van der Waals surface area contributed by atoms with Crippen LogP contribution >= 0.6 is 11.9 Å². The predicted molar refractivity (Wildman–Crippen MR) is 150 cm³/mol. The molecule has 0 amide bonds. The van der Waals surface area contributed by atoms with E-state index in [9.17, 15) is 27.9 Å². The van der Waals surface area contributed by atoms with Crippen LogP contribution in [0.5, 0.6) is 0 Å². The van der Waals surface area contributed by atoms with E-state index in [1.165, 1.54) is 22.6 Å². The fourth-order valence-corrected chi connectivity index (χ4v) is 6.44. The summed E-state index contributed by atoms with van der Waals surface area (Å²) < 4.78 is 44.5. The van der Waals surface area contributed by atoms with Crippen LogP contribution in [0, 0.1) is 0 Å². The molecule has 6 nitrogen and oxygen atoms in total. The number of carbonyl (C=O) groups is 1. The number of halogens is 3. The molecule has 0 fully saturated rings. The van der Waals surface area contributed by atoms with Gasteiger partial charge in [0.1, 0.15) is 11.1 Å². The highest BCUT2D eigenvalue weighted by molar-refractivity contribution is 7.97. The first kappa shape index (κ1) is 27.9. The van der Waals surface area contributed by atoms with E-state index < -0.39 is 29.3 Å². The molecule has 0 saturated heterocycles. The van der Waals surface area contributed by atoms with Crippen LogP contribution in [0.25, 0.3) is 21.9 Å². The van der Waals surface area contributed by atoms with Crippen LogP contribution in [0.2, 0.25) is 0 Å². The number of benzene rings is 3. The third kappa shape index (κ3) is 5.26. The molecule has 1 aliphatic heterocycles. The van der Waals surface area contributed by atoms with Crippen molar-refractivity contribution in [1.29, 1.82) is 0 Å². The molecule has 2 heterocycles. The monoisotopic (exact) mass is 567 g/mol. The van der Waals surface area contributed by atoms with Gasteiger partial charge < -0.3 is 10.0 Å². The number of rotatable bonds is 6. The van der Waals surface area contributed by atoms with Gasteiger partial charge in [-0.05, 0) is 79.1 Å². The van der Waals surface area contributed by atoms with E-state index in [-0.39, 0.29) is 25.1 Å². The molecule has 1 atom stereocenters. The van der Waals surface area contributed by atoms with Crippen LogP contribution in [-0.2, 0) is 23.9 Å². The predicted octanol–water partition coefficient (Wildman–Crippen LogP) is 5.92. The molecule has 0 aliphatic carbocycles. The van der Waals surface area contributed by atoms with Crippen molar-refractivity contribution >= 4 is 28.7 Å². The lowest BCUT2D eigenvalue weighted by atomic mass is 9.89. The van der Waals surface area contributed by atoms with E-state index in [1.54, 1.807) is 31.5 Å². The smallest absolute Gasteiger partial charge is 0.416 e. The molecule has 1 aromatic heterocycles.